The Morgan fingerprint density at radius 2 is 1.06 bits per heavy atom. The Hall–Kier alpha value is -3.39. The van der Waals surface area contributed by atoms with E-state index < -0.39 is 0 Å². The van der Waals surface area contributed by atoms with Crippen LogP contribution in [-0.2, 0) is 9.31 Å². The van der Waals surface area contributed by atoms with Gasteiger partial charge in [-0.05, 0) is 84.4 Å². The number of nitriles is 1. The third-order valence-electron chi connectivity index (χ3n) is 6.96. The summed E-state index contributed by atoms with van der Waals surface area (Å²) in [5.74, 6) is 0. The maximum atomic E-state index is 8.99. The zero-order chi connectivity index (χ0) is 23.2. The number of fused-ring (bicyclic) bond motifs is 1. The molecule has 3 nitrogen and oxygen atoms in total. The Morgan fingerprint density at radius 3 is 1.64 bits per heavy atom. The molecule has 0 unspecified atom stereocenters. The van der Waals surface area contributed by atoms with Crippen LogP contribution >= 0.6 is 0 Å². The molecule has 0 saturated carbocycles. The maximum Gasteiger partial charge on any atom is 0.494 e. The fourth-order valence-electron chi connectivity index (χ4n) is 4.16. The molecule has 1 heterocycles. The number of nitrogens with zero attached hydrogens (tertiary/aromatic N) is 1. The summed E-state index contributed by atoms with van der Waals surface area (Å²) in [5.41, 5.74) is 5.61. The van der Waals surface area contributed by atoms with Crippen LogP contribution in [0, 0.1) is 11.3 Å². The Kier molecular flexibility index (Phi) is 5.13. The third kappa shape index (κ3) is 3.95. The van der Waals surface area contributed by atoms with Crippen molar-refractivity contribution in [3.63, 3.8) is 0 Å². The molecule has 4 aromatic rings. The van der Waals surface area contributed by atoms with E-state index in [1.807, 2.05) is 24.3 Å². The Balaban J connectivity index is 1.40. The van der Waals surface area contributed by atoms with Crippen LogP contribution in [0.2, 0.25) is 0 Å². The topological polar surface area (TPSA) is 42.2 Å². The molecule has 0 aliphatic carbocycles. The smallest absolute Gasteiger partial charge is 0.399 e. The molecule has 1 aliphatic rings. The molecule has 0 amide bonds. The summed E-state index contributed by atoms with van der Waals surface area (Å²) in [6.07, 6.45) is 0. The zero-order valence-electron chi connectivity index (χ0n) is 19.4. The highest BCUT2D eigenvalue weighted by Crippen LogP contribution is 2.36. The van der Waals surface area contributed by atoms with Gasteiger partial charge < -0.3 is 9.31 Å². The van der Waals surface area contributed by atoms with Crippen molar-refractivity contribution in [1.29, 1.82) is 5.26 Å². The van der Waals surface area contributed by atoms with Gasteiger partial charge in [-0.15, -0.1) is 0 Å². The van der Waals surface area contributed by atoms with E-state index in [-0.39, 0.29) is 18.3 Å². The van der Waals surface area contributed by atoms with Crippen molar-refractivity contribution in [3.05, 3.63) is 90.5 Å². The van der Waals surface area contributed by atoms with Crippen molar-refractivity contribution in [1.82, 2.24) is 0 Å². The van der Waals surface area contributed by atoms with Crippen molar-refractivity contribution in [2.45, 2.75) is 38.9 Å². The van der Waals surface area contributed by atoms with Gasteiger partial charge in [-0.2, -0.15) is 5.26 Å². The molecular weight excluding hydrogens is 405 g/mol. The lowest BCUT2D eigenvalue weighted by molar-refractivity contribution is 0.00578. The first-order chi connectivity index (χ1) is 15.8. The van der Waals surface area contributed by atoms with Crippen LogP contribution < -0.4 is 5.46 Å². The van der Waals surface area contributed by atoms with Gasteiger partial charge in [0.1, 0.15) is 0 Å². The fourth-order valence-corrected chi connectivity index (χ4v) is 4.16. The summed E-state index contributed by atoms with van der Waals surface area (Å²) in [6, 6.07) is 31.3. The average Bonchev–Trinajstić information content (AvgIpc) is 3.05. The molecule has 0 aromatic heterocycles. The molecular formula is C29H26BNO2. The number of rotatable bonds is 3. The minimum Gasteiger partial charge on any atom is -0.399 e. The minimum absolute atomic E-state index is 0.347. The molecule has 0 radical (unpaired) electrons. The molecule has 0 spiro atoms. The molecule has 4 heteroatoms. The molecule has 162 valence electrons. The van der Waals surface area contributed by atoms with Gasteiger partial charge in [0.05, 0.1) is 22.8 Å². The molecule has 33 heavy (non-hydrogen) atoms. The Bertz CT molecular complexity index is 1350. The lowest BCUT2D eigenvalue weighted by Crippen LogP contribution is -2.41. The summed E-state index contributed by atoms with van der Waals surface area (Å²) < 4.78 is 12.4. The van der Waals surface area contributed by atoms with E-state index in [0.717, 1.165) is 16.6 Å². The van der Waals surface area contributed by atoms with Crippen LogP contribution in [0.5, 0.6) is 0 Å². The second-order valence-corrected chi connectivity index (χ2v) is 9.68. The van der Waals surface area contributed by atoms with E-state index >= 15 is 0 Å². The summed E-state index contributed by atoms with van der Waals surface area (Å²) in [5, 5.41) is 11.3. The molecule has 4 aromatic carbocycles. The van der Waals surface area contributed by atoms with Crippen LogP contribution in [0.4, 0.5) is 0 Å². The van der Waals surface area contributed by atoms with Crippen molar-refractivity contribution in [2.75, 3.05) is 0 Å². The molecule has 0 atom stereocenters. The first kappa shape index (κ1) is 21.5. The highest BCUT2D eigenvalue weighted by atomic mass is 16.7. The van der Waals surface area contributed by atoms with Crippen molar-refractivity contribution < 1.29 is 9.31 Å². The molecule has 1 fully saturated rings. The van der Waals surface area contributed by atoms with E-state index in [0.29, 0.717) is 5.56 Å². The van der Waals surface area contributed by atoms with E-state index in [2.05, 4.69) is 94.4 Å². The summed E-state index contributed by atoms with van der Waals surface area (Å²) in [6.45, 7) is 8.31. The average molecular weight is 431 g/mol. The van der Waals surface area contributed by atoms with Gasteiger partial charge in [0.2, 0.25) is 0 Å². The summed E-state index contributed by atoms with van der Waals surface area (Å²) in [4.78, 5) is 0. The zero-order valence-corrected chi connectivity index (χ0v) is 19.4. The first-order valence-electron chi connectivity index (χ1n) is 11.3. The van der Waals surface area contributed by atoms with Crippen LogP contribution in [0.25, 0.3) is 33.0 Å². The van der Waals surface area contributed by atoms with E-state index in [1.165, 1.54) is 21.9 Å². The van der Waals surface area contributed by atoms with Crippen LogP contribution in [0.15, 0.2) is 84.9 Å². The van der Waals surface area contributed by atoms with Gasteiger partial charge >= 0.3 is 7.12 Å². The van der Waals surface area contributed by atoms with Crippen LogP contribution in [0.1, 0.15) is 33.3 Å². The Labute approximate surface area is 195 Å². The Morgan fingerprint density at radius 1 is 0.606 bits per heavy atom. The maximum absolute atomic E-state index is 8.99. The summed E-state index contributed by atoms with van der Waals surface area (Å²) >= 11 is 0. The van der Waals surface area contributed by atoms with Crippen LogP contribution in [0.3, 0.4) is 0 Å². The van der Waals surface area contributed by atoms with Gasteiger partial charge in [0.15, 0.2) is 0 Å². The highest BCUT2D eigenvalue weighted by molar-refractivity contribution is 6.62. The van der Waals surface area contributed by atoms with Crippen molar-refractivity contribution in [3.8, 4) is 28.3 Å². The standard InChI is InChI=1S/C29H26BNO2/c1-28(2)29(3,4)33-30(32-28)27-16-15-25-17-24(13-14-26(25)18-27)23-11-9-22(10-12-23)21-7-5-20(19-31)6-8-21/h5-18H,1-4H3. The molecule has 5 rings (SSSR count). The predicted octanol–water partition coefficient (Wildman–Crippen LogP) is 6.34. The van der Waals surface area contributed by atoms with Gasteiger partial charge in [-0.3, -0.25) is 0 Å². The summed E-state index contributed by atoms with van der Waals surface area (Å²) in [7, 11) is -0.353. The quantitative estimate of drug-likeness (QED) is 0.355. The monoisotopic (exact) mass is 431 g/mol. The van der Waals surface area contributed by atoms with Crippen molar-refractivity contribution >= 4 is 23.4 Å². The largest absolute Gasteiger partial charge is 0.494 e. The lowest BCUT2D eigenvalue weighted by atomic mass is 9.78. The number of benzene rings is 4. The van der Waals surface area contributed by atoms with Gasteiger partial charge in [0.25, 0.3) is 0 Å². The number of hydrogen-bond acceptors (Lipinski definition) is 3. The van der Waals surface area contributed by atoms with E-state index in [4.69, 9.17) is 14.6 Å². The predicted molar refractivity (Wildman–Crippen MR) is 135 cm³/mol. The van der Waals surface area contributed by atoms with Crippen molar-refractivity contribution in [2.24, 2.45) is 0 Å². The minimum atomic E-state index is -0.353. The molecule has 1 aliphatic heterocycles. The first-order valence-corrected chi connectivity index (χ1v) is 11.3. The lowest BCUT2D eigenvalue weighted by Gasteiger charge is -2.32. The molecule has 0 N–H and O–H groups in total. The van der Waals surface area contributed by atoms with Gasteiger partial charge in [-0.1, -0.05) is 66.7 Å². The van der Waals surface area contributed by atoms with Gasteiger partial charge in [0, 0.05) is 0 Å². The normalized spacial score (nSPS) is 16.6. The van der Waals surface area contributed by atoms with Crippen LogP contribution in [-0.4, -0.2) is 18.3 Å². The SMILES string of the molecule is CC1(C)OB(c2ccc3cc(-c4ccc(-c5ccc(C#N)cc5)cc4)ccc3c2)OC1(C)C. The third-order valence-corrected chi connectivity index (χ3v) is 6.96. The molecule has 1 saturated heterocycles. The highest BCUT2D eigenvalue weighted by Gasteiger charge is 2.51. The molecule has 0 bridgehead atoms. The van der Waals surface area contributed by atoms with Gasteiger partial charge in [-0.25, -0.2) is 0 Å². The second-order valence-electron chi connectivity index (χ2n) is 9.68. The van der Waals surface area contributed by atoms with E-state index in [1.54, 1.807) is 0 Å². The van der Waals surface area contributed by atoms with E-state index in [9.17, 15) is 0 Å². The fraction of sp³-hybridized carbons (Fsp3) is 0.207. The number of hydrogen-bond donors (Lipinski definition) is 0. The second kappa shape index (κ2) is 7.88.